The molecule has 4 aromatic rings. The van der Waals surface area contributed by atoms with E-state index in [-0.39, 0.29) is 17.2 Å². The molecule has 0 radical (unpaired) electrons. The zero-order valence-corrected chi connectivity index (χ0v) is 20.5. The van der Waals surface area contributed by atoms with Gasteiger partial charge in [0, 0.05) is 28.6 Å². The molecule has 0 spiro atoms. The number of aromatic nitrogens is 3. The van der Waals surface area contributed by atoms with E-state index in [4.69, 9.17) is 4.52 Å². The second-order valence-corrected chi connectivity index (χ2v) is 10.0. The van der Waals surface area contributed by atoms with Gasteiger partial charge in [-0.25, -0.2) is 4.98 Å². The fraction of sp³-hybridized carbons (Fsp3) is 0.217. The summed E-state index contributed by atoms with van der Waals surface area (Å²) in [6.45, 7) is 7.62. The smallest absolute Gasteiger partial charge is 0.284 e. The molecule has 2 aromatic carbocycles. The molecule has 0 unspecified atom stereocenters. The van der Waals surface area contributed by atoms with Crippen molar-refractivity contribution >= 4 is 40.4 Å². The van der Waals surface area contributed by atoms with E-state index in [1.807, 2.05) is 45.2 Å². The van der Waals surface area contributed by atoms with Crippen molar-refractivity contribution in [3.8, 4) is 11.5 Å². The third kappa shape index (κ3) is 5.00. The van der Waals surface area contributed by atoms with E-state index in [1.165, 1.54) is 29.2 Å². The lowest BCUT2D eigenvalue weighted by Gasteiger charge is -2.12. The van der Waals surface area contributed by atoms with Gasteiger partial charge in [0.1, 0.15) is 0 Å². The van der Waals surface area contributed by atoms with Gasteiger partial charge >= 0.3 is 0 Å². The second kappa shape index (κ2) is 9.74. The minimum atomic E-state index is -0.495. The largest absolute Gasteiger partial charge is 0.334 e. The molecule has 0 saturated carbocycles. The van der Waals surface area contributed by atoms with Crippen molar-refractivity contribution in [3.63, 3.8) is 0 Å². The normalized spacial score (nSPS) is 11.1. The van der Waals surface area contributed by atoms with Gasteiger partial charge in [-0.1, -0.05) is 42.9 Å². The van der Waals surface area contributed by atoms with Crippen LogP contribution in [0.3, 0.4) is 0 Å². The summed E-state index contributed by atoms with van der Waals surface area (Å²) < 4.78 is 6.11. The lowest BCUT2D eigenvalue weighted by atomic mass is 10.1. The van der Waals surface area contributed by atoms with E-state index in [0.717, 1.165) is 11.3 Å². The molecule has 0 aliphatic heterocycles. The number of nitrogens with one attached hydrogen (secondary N) is 1. The van der Waals surface area contributed by atoms with Crippen LogP contribution in [0.5, 0.6) is 0 Å². The number of para-hydroxylation sites is 1. The predicted octanol–water partition coefficient (Wildman–Crippen LogP) is 6.25. The van der Waals surface area contributed by atoms with E-state index in [0.29, 0.717) is 32.2 Å². The van der Waals surface area contributed by atoms with Crippen molar-refractivity contribution in [1.29, 1.82) is 0 Å². The fourth-order valence-electron chi connectivity index (χ4n) is 3.14. The molecule has 0 aliphatic carbocycles. The van der Waals surface area contributed by atoms with Gasteiger partial charge in [0.05, 0.1) is 21.1 Å². The lowest BCUT2D eigenvalue weighted by molar-refractivity contribution is -0.387. The highest BCUT2D eigenvalue weighted by Crippen LogP contribution is 2.37. The average Bonchev–Trinajstić information content (AvgIpc) is 3.44. The van der Waals surface area contributed by atoms with Gasteiger partial charge in [-0.2, -0.15) is 4.98 Å². The van der Waals surface area contributed by atoms with E-state index in [1.54, 1.807) is 18.2 Å². The molecule has 4 rings (SSSR count). The zero-order valence-electron chi connectivity index (χ0n) is 18.9. The van der Waals surface area contributed by atoms with Crippen molar-refractivity contribution in [2.75, 3.05) is 5.32 Å². The Hall–Kier alpha value is -3.57. The van der Waals surface area contributed by atoms with Crippen LogP contribution < -0.4 is 5.32 Å². The van der Waals surface area contributed by atoms with Crippen LogP contribution in [0.4, 0.5) is 11.4 Å². The number of nitro benzene ring substituents is 1. The summed E-state index contributed by atoms with van der Waals surface area (Å²) in [5, 5.41) is 20.5. The van der Waals surface area contributed by atoms with Gasteiger partial charge < -0.3 is 9.84 Å². The SMILES string of the molecule is Cc1csc(Sc2ccc(C(=O)Nc3c(C)cccc3-c3nc(C(C)C)no3)cc2[N+](=O)[O-])n1. The first-order chi connectivity index (χ1) is 16.2. The summed E-state index contributed by atoms with van der Waals surface area (Å²) in [6, 6.07) is 9.86. The molecule has 2 aromatic heterocycles. The maximum Gasteiger partial charge on any atom is 0.284 e. The average molecular weight is 496 g/mol. The standard InChI is InChI=1S/C23H21N5O4S2/c1-12(2)20-26-22(32-27-20)16-7-5-6-13(3)19(16)25-21(29)15-8-9-18(17(10-15)28(30)31)34-23-24-14(4)11-33-23/h5-12H,1-4H3,(H,25,29). The number of amides is 1. The van der Waals surface area contributed by atoms with Crippen molar-refractivity contribution in [1.82, 2.24) is 15.1 Å². The quantitative estimate of drug-likeness (QED) is 0.236. The highest BCUT2D eigenvalue weighted by molar-refractivity contribution is 8.01. The number of nitro groups is 1. The van der Waals surface area contributed by atoms with Crippen molar-refractivity contribution in [2.24, 2.45) is 0 Å². The Balaban J connectivity index is 1.64. The molecule has 0 fully saturated rings. The molecule has 174 valence electrons. The topological polar surface area (TPSA) is 124 Å². The summed E-state index contributed by atoms with van der Waals surface area (Å²) in [5.74, 6) is 0.460. The molecule has 11 heteroatoms. The van der Waals surface area contributed by atoms with Gasteiger partial charge in [0.2, 0.25) is 0 Å². The fourth-order valence-corrected chi connectivity index (χ4v) is 5.02. The summed E-state index contributed by atoms with van der Waals surface area (Å²) in [6.07, 6.45) is 0. The maximum absolute atomic E-state index is 13.1. The Morgan fingerprint density at radius 2 is 2.00 bits per heavy atom. The number of thiazole rings is 1. The number of aryl methyl sites for hydroxylation is 2. The molecule has 1 amide bonds. The molecule has 9 nitrogen and oxygen atoms in total. The number of rotatable bonds is 7. The number of carbonyl (C=O) groups excluding carboxylic acids is 1. The highest BCUT2D eigenvalue weighted by atomic mass is 32.2. The van der Waals surface area contributed by atoms with Crippen LogP contribution in [0.25, 0.3) is 11.5 Å². The Labute approximate surface area is 203 Å². The van der Waals surface area contributed by atoms with E-state index in [2.05, 4.69) is 20.4 Å². The number of anilines is 1. The van der Waals surface area contributed by atoms with Gasteiger partial charge in [-0.3, -0.25) is 14.9 Å². The predicted molar refractivity (Wildman–Crippen MR) is 131 cm³/mol. The molecule has 2 heterocycles. The Kier molecular flexibility index (Phi) is 6.75. The first kappa shape index (κ1) is 23.6. The number of benzene rings is 2. The molecule has 0 atom stereocenters. The second-order valence-electron chi connectivity index (χ2n) is 7.86. The van der Waals surface area contributed by atoms with Crippen LogP contribution in [-0.2, 0) is 0 Å². The molecule has 0 aliphatic rings. The van der Waals surface area contributed by atoms with Crippen LogP contribution in [0.15, 0.2) is 55.5 Å². The lowest BCUT2D eigenvalue weighted by Crippen LogP contribution is -2.14. The van der Waals surface area contributed by atoms with Crippen LogP contribution in [0, 0.1) is 24.0 Å². The molecular weight excluding hydrogens is 474 g/mol. The van der Waals surface area contributed by atoms with Gasteiger partial charge in [0.15, 0.2) is 10.2 Å². The number of hydrogen-bond acceptors (Lipinski definition) is 9. The number of nitrogens with zero attached hydrogens (tertiary/aromatic N) is 4. The number of carbonyl (C=O) groups is 1. The Bertz CT molecular complexity index is 1380. The van der Waals surface area contributed by atoms with E-state index in [9.17, 15) is 14.9 Å². The third-order valence-corrected chi connectivity index (χ3v) is 7.03. The van der Waals surface area contributed by atoms with Crippen LogP contribution in [0.1, 0.15) is 47.2 Å². The monoisotopic (exact) mass is 495 g/mol. The molecule has 34 heavy (non-hydrogen) atoms. The molecule has 0 saturated heterocycles. The van der Waals surface area contributed by atoms with E-state index < -0.39 is 10.8 Å². The van der Waals surface area contributed by atoms with E-state index >= 15 is 0 Å². The maximum atomic E-state index is 13.1. The first-order valence-corrected chi connectivity index (χ1v) is 12.1. The summed E-state index contributed by atoms with van der Waals surface area (Å²) >= 11 is 2.61. The molecular formula is C23H21N5O4S2. The Morgan fingerprint density at radius 3 is 2.65 bits per heavy atom. The van der Waals surface area contributed by atoms with Crippen LogP contribution in [-0.4, -0.2) is 26.0 Å². The zero-order chi connectivity index (χ0) is 24.4. The summed E-state index contributed by atoms with van der Waals surface area (Å²) in [4.78, 5) is 33.5. The van der Waals surface area contributed by atoms with Gasteiger partial charge in [0.25, 0.3) is 17.5 Å². The van der Waals surface area contributed by atoms with Crippen molar-refractivity contribution < 1.29 is 14.2 Å². The highest BCUT2D eigenvalue weighted by Gasteiger charge is 2.22. The van der Waals surface area contributed by atoms with Gasteiger partial charge in [-0.05, 0) is 37.6 Å². The Morgan fingerprint density at radius 1 is 1.21 bits per heavy atom. The van der Waals surface area contributed by atoms with Crippen molar-refractivity contribution in [3.05, 3.63) is 74.5 Å². The third-order valence-electron chi connectivity index (χ3n) is 4.91. The number of hydrogen-bond donors (Lipinski definition) is 1. The van der Waals surface area contributed by atoms with Crippen molar-refractivity contribution in [2.45, 2.75) is 42.8 Å². The first-order valence-electron chi connectivity index (χ1n) is 10.4. The summed E-state index contributed by atoms with van der Waals surface area (Å²) in [5.41, 5.74) is 2.72. The molecule has 0 bridgehead atoms. The minimum absolute atomic E-state index is 0.0885. The minimum Gasteiger partial charge on any atom is -0.334 e. The van der Waals surface area contributed by atoms with Crippen LogP contribution >= 0.6 is 23.1 Å². The van der Waals surface area contributed by atoms with Gasteiger partial charge in [-0.15, -0.1) is 11.3 Å². The summed E-state index contributed by atoms with van der Waals surface area (Å²) in [7, 11) is 0. The molecule has 1 N–H and O–H groups in total. The van der Waals surface area contributed by atoms with Crippen LogP contribution in [0.2, 0.25) is 0 Å².